The Labute approximate surface area is 205 Å². The van der Waals surface area contributed by atoms with Gasteiger partial charge >= 0.3 is 0 Å². The maximum atomic E-state index is 13.0. The van der Waals surface area contributed by atoms with Gasteiger partial charge in [0.05, 0.1) is 34.4 Å². The summed E-state index contributed by atoms with van der Waals surface area (Å²) < 4.78 is 7.25. The van der Waals surface area contributed by atoms with Crippen molar-refractivity contribution in [2.75, 3.05) is 49.6 Å². The molecule has 2 fully saturated rings. The summed E-state index contributed by atoms with van der Waals surface area (Å²) in [4.78, 5) is 17.8. The number of rotatable bonds is 5. The molecule has 0 aliphatic carbocycles. The van der Waals surface area contributed by atoms with E-state index in [1.165, 1.54) is 0 Å². The molecule has 35 heavy (non-hydrogen) atoms. The van der Waals surface area contributed by atoms with E-state index in [-0.39, 0.29) is 5.91 Å². The minimum absolute atomic E-state index is 0.244. The molecule has 1 N–H and O–H groups in total. The average Bonchev–Trinajstić information content (AvgIpc) is 3.31. The molecule has 0 unspecified atom stereocenters. The number of piperazine rings is 1. The highest BCUT2D eigenvalue weighted by atomic mass is 16.5. The number of amides is 1. The van der Waals surface area contributed by atoms with Gasteiger partial charge in [-0.05, 0) is 50.1 Å². The summed E-state index contributed by atoms with van der Waals surface area (Å²) in [6, 6.07) is 18.2. The van der Waals surface area contributed by atoms with E-state index in [1.54, 1.807) is 16.9 Å². The summed E-state index contributed by atoms with van der Waals surface area (Å²) >= 11 is 0. The van der Waals surface area contributed by atoms with Gasteiger partial charge in [0.2, 0.25) is 0 Å². The van der Waals surface area contributed by atoms with Crippen LogP contribution in [0.25, 0.3) is 5.69 Å². The standard InChI is InChI=1S/C27H30N6O2/c1-20-25(19-29-33(20)24-5-3-2-4-6-24)27(34)30-22-7-8-26(21(17-22)18-28)32-13-11-31(12-14-32)23-9-15-35-16-10-23/h2-8,17,19,23H,9-16H2,1H3,(H,30,34). The number of nitrogens with zero attached hydrogens (tertiary/aromatic N) is 5. The topological polar surface area (TPSA) is 86.4 Å². The van der Waals surface area contributed by atoms with E-state index in [2.05, 4.69) is 26.3 Å². The molecule has 8 nitrogen and oxygen atoms in total. The van der Waals surface area contributed by atoms with Crippen LogP contribution in [0.5, 0.6) is 0 Å². The fraction of sp³-hybridized carbons (Fsp3) is 0.370. The second-order valence-corrected chi connectivity index (χ2v) is 9.06. The van der Waals surface area contributed by atoms with E-state index >= 15 is 0 Å². The van der Waals surface area contributed by atoms with Crippen molar-refractivity contribution >= 4 is 17.3 Å². The molecule has 0 atom stereocenters. The van der Waals surface area contributed by atoms with Gasteiger partial charge in [0.1, 0.15) is 6.07 Å². The number of aromatic nitrogens is 2. The van der Waals surface area contributed by atoms with Crippen molar-refractivity contribution in [1.82, 2.24) is 14.7 Å². The van der Waals surface area contributed by atoms with Crippen molar-refractivity contribution in [2.24, 2.45) is 0 Å². The molecule has 2 aliphatic rings. The largest absolute Gasteiger partial charge is 0.381 e. The molecular formula is C27H30N6O2. The zero-order valence-corrected chi connectivity index (χ0v) is 20.0. The smallest absolute Gasteiger partial charge is 0.259 e. The van der Waals surface area contributed by atoms with Crippen LogP contribution in [-0.2, 0) is 4.74 Å². The van der Waals surface area contributed by atoms with Crippen LogP contribution < -0.4 is 10.2 Å². The molecule has 3 heterocycles. The SMILES string of the molecule is Cc1c(C(=O)Nc2ccc(N3CCN(C4CCOCC4)CC3)c(C#N)c2)cnn1-c1ccccc1. The molecule has 0 radical (unpaired) electrons. The van der Waals surface area contributed by atoms with E-state index in [9.17, 15) is 10.1 Å². The molecule has 8 heteroatoms. The third kappa shape index (κ3) is 4.92. The van der Waals surface area contributed by atoms with Crippen molar-refractivity contribution in [2.45, 2.75) is 25.8 Å². The Morgan fingerprint density at radius 2 is 1.83 bits per heavy atom. The zero-order valence-electron chi connectivity index (χ0n) is 20.0. The first kappa shape index (κ1) is 23.1. The van der Waals surface area contributed by atoms with E-state index in [0.717, 1.165) is 69.3 Å². The van der Waals surface area contributed by atoms with E-state index in [1.807, 2.05) is 49.4 Å². The second-order valence-electron chi connectivity index (χ2n) is 9.06. The molecule has 3 aromatic rings. The van der Waals surface area contributed by atoms with Crippen LogP contribution in [0.1, 0.15) is 34.5 Å². The molecule has 0 saturated carbocycles. The molecular weight excluding hydrogens is 440 g/mol. The number of benzene rings is 2. The zero-order chi connectivity index (χ0) is 24.2. The first-order valence-corrected chi connectivity index (χ1v) is 12.2. The molecule has 180 valence electrons. The molecule has 0 spiro atoms. The van der Waals surface area contributed by atoms with Gasteiger partial charge in [0.15, 0.2) is 0 Å². The Balaban J connectivity index is 1.26. The number of para-hydroxylation sites is 1. The molecule has 2 saturated heterocycles. The van der Waals surface area contributed by atoms with Crippen molar-refractivity contribution in [3.8, 4) is 11.8 Å². The lowest BCUT2D eigenvalue weighted by Crippen LogP contribution is -2.51. The summed E-state index contributed by atoms with van der Waals surface area (Å²) in [6.45, 7) is 7.31. The van der Waals surface area contributed by atoms with E-state index in [0.29, 0.717) is 22.9 Å². The van der Waals surface area contributed by atoms with Crippen molar-refractivity contribution in [1.29, 1.82) is 5.26 Å². The molecule has 2 aliphatic heterocycles. The van der Waals surface area contributed by atoms with Crippen LogP contribution in [0.15, 0.2) is 54.7 Å². The Kier molecular flexibility index (Phi) is 6.80. The minimum Gasteiger partial charge on any atom is -0.381 e. The lowest BCUT2D eigenvalue weighted by atomic mass is 10.1. The van der Waals surface area contributed by atoms with Crippen molar-refractivity contribution in [3.05, 3.63) is 71.5 Å². The lowest BCUT2D eigenvalue weighted by molar-refractivity contribution is 0.0321. The van der Waals surface area contributed by atoms with Gasteiger partial charge in [-0.3, -0.25) is 9.69 Å². The van der Waals surface area contributed by atoms with Crippen LogP contribution in [-0.4, -0.2) is 66.0 Å². The number of carbonyl (C=O) groups excluding carboxylic acids is 1. The highest BCUT2D eigenvalue weighted by molar-refractivity contribution is 6.05. The van der Waals surface area contributed by atoms with Gasteiger partial charge in [-0.1, -0.05) is 18.2 Å². The van der Waals surface area contributed by atoms with Crippen molar-refractivity contribution in [3.63, 3.8) is 0 Å². The third-order valence-corrected chi connectivity index (χ3v) is 6.99. The van der Waals surface area contributed by atoms with Crippen LogP contribution in [0.3, 0.4) is 0 Å². The molecule has 0 bridgehead atoms. The first-order chi connectivity index (χ1) is 17.1. The normalized spacial score (nSPS) is 17.2. The molecule has 2 aromatic carbocycles. The number of nitriles is 1. The fourth-order valence-corrected chi connectivity index (χ4v) is 5.02. The predicted molar refractivity (Wildman–Crippen MR) is 135 cm³/mol. The third-order valence-electron chi connectivity index (χ3n) is 6.99. The van der Waals surface area contributed by atoms with Gasteiger partial charge in [0.25, 0.3) is 5.91 Å². The van der Waals surface area contributed by atoms with Crippen LogP contribution in [0, 0.1) is 18.3 Å². The van der Waals surface area contributed by atoms with Gasteiger partial charge in [-0.15, -0.1) is 0 Å². The Hall–Kier alpha value is -3.67. The van der Waals surface area contributed by atoms with Crippen LogP contribution in [0.4, 0.5) is 11.4 Å². The summed E-state index contributed by atoms with van der Waals surface area (Å²) in [5.41, 5.74) is 4.25. The minimum atomic E-state index is -0.244. The highest BCUT2D eigenvalue weighted by Crippen LogP contribution is 2.27. The second kappa shape index (κ2) is 10.3. The maximum absolute atomic E-state index is 13.0. The van der Waals surface area contributed by atoms with E-state index < -0.39 is 0 Å². The molecule has 1 amide bonds. The Morgan fingerprint density at radius 1 is 1.09 bits per heavy atom. The maximum Gasteiger partial charge on any atom is 0.259 e. The van der Waals surface area contributed by atoms with Gasteiger partial charge in [0, 0.05) is 51.1 Å². The number of anilines is 2. The number of hydrogen-bond donors (Lipinski definition) is 1. The van der Waals surface area contributed by atoms with Crippen LogP contribution in [0.2, 0.25) is 0 Å². The number of ether oxygens (including phenoxy) is 1. The number of nitrogens with one attached hydrogen (secondary N) is 1. The lowest BCUT2D eigenvalue weighted by Gasteiger charge is -2.41. The summed E-state index contributed by atoms with van der Waals surface area (Å²) in [5, 5.41) is 17.1. The molecule has 5 rings (SSSR count). The molecule has 1 aromatic heterocycles. The van der Waals surface area contributed by atoms with Gasteiger partial charge < -0.3 is 15.0 Å². The highest BCUT2D eigenvalue weighted by Gasteiger charge is 2.26. The van der Waals surface area contributed by atoms with Gasteiger partial charge in [-0.2, -0.15) is 10.4 Å². The predicted octanol–water partition coefficient (Wildman–Crippen LogP) is 3.61. The Morgan fingerprint density at radius 3 is 2.54 bits per heavy atom. The summed E-state index contributed by atoms with van der Waals surface area (Å²) in [7, 11) is 0. The quantitative estimate of drug-likeness (QED) is 0.613. The van der Waals surface area contributed by atoms with Crippen LogP contribution >= 0.6 is 0 Å². The average molecular weight is 471 g/mol. The first-order valence-electron chi connectivity index (χ1n) is 12.2. The number of carbonyl (C=O) groups is 1. The van der Waals surface area contributed by atoms with E-state index in [4.69, 9.17) is 4.74 Å². The summed E-state index contributed by atoms with van der Waals surface area (Å²) in [5.74, 6) is -0.244. The van der Waals surface area contributed by atoms with Gasteiger partial charge in [-0.25, -0.2) is 4.68 Å². The van der Waals surface area contributed by atoms with Crippen molar-refractivity contribution < 1.29 is 9.53 Å². The fourth-order valence-electron chi connectivity index (χ4n) is 5.02. The number of hydrogen-bond acceptors (Lipinski definition) is 6. The summed E-state index contributed by atoms with van der Waals surface area (Å²) in [6.07, 6.45) is 3.78. The monoisotopic (exact) mass is 470 g/mol. The Bertz CT molecular complexity index is 1220.